The van der Waals surface area contributed by atoms with Crippen LogP contribution in [0.5, 0.6) is 0 Å². The lowest BCUT2D eigenvalue weighted by molar-refractivity contribution is 0.784. The third kappa shape index (κ3) is 2.22. The van der Waals surface area contributed by atoms with E-state index in [9.17, 15) is 4.79 Å². The van der Waals surface area contributed by atoms with Gasteiger partial charge in [0.1, 0.15) is 0 Å². The number of hydrogen-bond acceptors (Lipinski definition) is 3. The smallest absolute Gasteiger partial charge is 0.307 e. The SMILES string of the molecule is Nc1cc(Cn2ccsc2=O)ccc1Cl. The minimum atomic E-state index is 0.0310. The molecule has 0 fully saturated rings. The number of anilines is 1. The maximum absolute atomic E-state index is 11.3. The third-order valence-corrected chi connectivity index (χ3v) is 3.10. The Morgan fingerprint density at radius 3 is 2.87 bits per heavy atom. The van der Waals surface area contributed by atoms with Gasteiger partial charge in [-0.15, -0.1) is 0 Å². The summed E-state index contributed by atoms with van der Waals surface area (Å²) in [5, 5.41) is 2.30. The van der Waals surface area contributed by atoms with Gasteiger partial charge in [-0.05, 0) is 17.7 Å². The molecule has 0 amide bonds. The molecule has 0 aliphatic heterocycles. The first-order chi connectivity index (χ1) is 7.16. The molecule has 0 spiro atoms. The molecule has 1 aromatic carbocycles. The second-order valence-corrected chi connectivity index (χ2v) is 4.42. The molecule has 5 heteroatoms. The number of benzene rings is 1. The zero-order chi connectivity index (χ0) is 10.8. The minimum Gasteiger partial charge on any atom is -0.398 e. The van der Waals surface area contributed by atoms with Gasteiger partial charge in [0.05, 0.1) is 17.3 Å². The lowest BCUT2D eigenvalue weighted by Crippen LogP contribution is -2.12. The van der Waals surface area contributed by atoms with Crippen molar-refractivity contribution in [2.24, 2.45) is 0 Å². The summed E-state index contributed by atoms with van der Waals surface area (Å²) in [7, 11) is 0. The van der Waals surface area contributed by atoms with E-state index in [1.165, 1.54) is 11.3 Å². The summed E-state index contributed by atoms with van der Waals surface area (Å²) in [6.07, 6.45) is 1.76. The van der Waals surface area contributed by atoms with Gasteiger partial charge in [-0.25, -0.2) is 0 Å². The molecular weight excluding hydrogens is 232 g/mol. The molecule has 0 saturated carbocycles. The van der Waals surface area contributed by atoms with Gasteiger partial charge < -0.3 is 10.3 Å². The average molecular weight is 241 g/mol. The predicted octanol–water partition coefficient (Wildman–Crippen LogP) is 2.19. The molecule has 0 aliphatic rings. The van der Waals surface area contributed by atoms with E-state index in [2.05, 4.69) is 0 Å². The van der Waals surface area contributed by atoms with Crippen LogP contribution in [0.1, 0.15) is 5.56 Å². The maximum Gasteiger partial charge on any atom is 0.307 e. The fourth-order valence-corrected chi connectivity index (χ4v) is 2.00. The molecule has 0 radical (unpaired) electrons. The summed E-state index contributed by atoms with van der Waals surface area (Å²) >= 11 is 6.98. The van der Waals surface area contributed by atoms with E-state index in [0.29, 0.717) is 17.3 Å². The van der Waals surface area contributed by atoms with Gasteiger partial charge >= 0.3 is 4.87 Å². The van der Waals surface area contributed by atoms with E-state index in [1.807, 2.05) is 6.07 Å². The highest BCUT2D eigenvalue weighted by Crippen LogP contribution is 2.19. The van der Waals surface area contributed by atoms with Crippen molar-refractivity contribution in [2.45, 2.75) is 6.54 Å². The molecule has 1 aromatic heterocycles. The van der Waals surface area contributed by atoms with Crippen molar-refractivity contribution >= 4 is 28.6 Å². The molecule has 0 atom stereocenters. The Labute approximate surface area is 95.7 Å². The van der Waals surface area contributed by atoms with Crippen LogP contribution < -0.4 is 10.6 Å². The summed E-state index contributed by atoms with van der Waals surface area (Å²) in [6.45, 7) is 0.531. The first-order valence-corrected chi connectivity index (χ1v) is 5.60. The summed E-state index contributed by atoms with van der Waals surface area (Å²) in [6, 6.07) is 5.39. The van der Waals surface area contributed by atoms with Gasteiger partial charge in [-0.3, -0.25) is 4.79 Å². The molecule has 15 heavy (non-hydrogen) atoms. The van der Waals surface area contributed by atoms with Gasteiger partial charge in [-0.2, -0.15) is 0 Å². The monoisotopic (exact) mass is 240 g/mol. The number of aromatic nitrogens is 1. The van der Waals surface area contributed by atoms with Crippen LogP contribution in [0.25, 0.3) is 0 Å². The van der Waals surface area contributed by atoms with Gasteiger partial charge in [0.25, 0.3) is 0 Å². The second-order valence-electron chi connectivity index (χ2n) is 3.15. The van der Waals surface area contributed by atoms with Gasteiger partial charge in [0.15, 0.2) is 0 Å². The Balaban J connectivity index is 2.29. The zero-order valence-electron chi connectivity index (χ0n) is 7.81. The molecule has 1 heterocycles. The van der Waals surface area contributed by atoms with Crippen molar-refractivity contribution in [1.82, 2.24) is 4.57 Å². The fourth-order valence-electron chi connectivity index (χ4n) is 1.30. The Morgan fingerprint density at radius 1 is 1.47 bits per heavy atom. The average Bonchev–Trinajstić information content (AvgIpc) is 2.59. The quantitative estimate of drug-likeness (QED) is 0.818. The number of thiazole rings is 1. The standard InChI is InChI=1S/C10H9ClN2OS/c11-8-2-1-7(5-9(8)12)6-13-3-4-15-10(13)14/h1-5H,6,12H2. The van der Waals surface area contributed by atoms with Crippen molar-refractivity contribution in [1.29, 1.82) is 0 Å². The highest BCUT2D eigenvalue weighted by Gasteiger charge is 2.01. The molecular formula is C10H9ClN2OS. The van der Waals surface area contributed by atoms with Crippen molar-refractivity contribution in [3.8, 4) is 0 Å². The Morgan fingerprint density at radius 2 is 2.27 bits per heavy atom. The maximum atomic E-state index is 11.3. The van der Waals surface area contributed by atoms with Gasteiger partial charge in [0.2, 0.25) is 0 Å². The van der Waals surface area contributed by atoms with Crippen molar-refractivity contribution < 1.29 is 0 Å². The van der Waals surface area contributed by atoms with Crippen molar-refractivity contribution in [2.75, 3.05) is 5.73 Å². The molecule has 2 N–H and O–H groups in total. The highest BCUT2D eigenvalue weighted by atomic mass is 35.5. The topological polar surface area (TPSA) is 48.0 Å². The molecule has 78 valence electrons. The minimum absolute atomic E-state index is 0.0310. The van der Waals surface area contributed by atoms with E-state index in [0.717, 1.165) is 5.56 Å². The van der Waals surface area contributed by atoms with E-state index in [4.69, 9.17) is 17.3 Å². The summed E-state index contributed by atoms with van der Waals surface area (Å²) in [5.74, 6) is 0. The number of halogens is 1. The number of rotatable bonds is 2. The van der Waals surface area contributed by atoms with E-state index < -0.39 is 0 Å². The fraction of sp³-hybridized carbons (Fsp3) is 0.100. The summed E-state index contributed by atoms with van der Waals surface area (Å²) < 4.78 is 1.63. The van der Waals surface area contributed by atoms with Crippen LogP contribution in [-0.4, -0.2) is 4.57 Å². The number of nitrogen functional groups attached to an aromatic ring is 1. The molecule has 0 unspecified atom stereocenters. The first kappa shape index (κ1) is 10.3. The molecule has 2 rings (SSSR count). The molecule has 0 bridgehead atoms. The zero-order valence-corrected chi connectivity index (χ0v) is 9.39. The molecule has 0 saturated heterocycles. The lowest BCUT2D eigenvalue weighted by Gasteiger charge is -2.04. The number of nitrogens with two attached hydrogens (primary N) is 1. The normalized spacial score (nSPS) is 10.5. The van der Waals surface area contributed by atoms with E-state index in [1.54, 1.807) is 28.3 Å². The number of nitrogens with zero attached hydrogens (tertiary/aromatic N) is 1. The highest BCUT2D eigenvalue weighted by molar-refractivity contribution is 7.07. The van der Waals surface area contributed by atoms with Crippen molar-refractivity contribution in [3.05, 3.63) is 50.0 Å². The second kappa shape index (κ2) is 4.08. The van der Waals surface area contributed by atoms with Gasteiger partial charge in [-0.1, -0.05) is 29.0 Å². The lowest BCUT2D eigenvalue weighted by atomic mass is 10.2. The van der Waals surface area contributed by atoms with Crippen LogP contribution >= 0.6 is 22.9 Å². The predicted molar refractivity (Wildman–Crippen MR) is 63.5 cm³/mol. The Hall–Kier alpha value is -1.26. The van der Waals surface area contributed by atoms with E-state index >= 15 is 0 Å². The van der Waals surface area contributed by atoms with Crippen molar-refractivity contribution in [3.63, 3.8) is 0 Å². The van der Waals surface area contributed by atoms with Crippen LogP contribution in [0.3, 0.4) is 0 Å². The van der Waals surface area contributed by atoms with Crippen LogP contribution in [0.4, 0.5) is 5.69 Å². The summed E-state index contributed by atoms with van der Waals surface area (Å²) in [5.41, 5.74) is 7.18. The third-order valence-electron chi connectivity index (χ3n) is 2.06. The van der Waals surface area contributed by atoms with Crippen LogP contribution in [-0.2, 0) is 6.54 Å². The largest absolute Gasteiger partial charge is 0.398 e. The first-order valence-electron chi connectivity index (χ1n) is 4.34. The van der Waals surface area contributed by atoms with Gasteiger partial charge in [0, 0.05) is 11.6 Å². The summed E-state index contributed by atoms with van der Waals surface area (Å²) in [4.78, 5) is 11.3. The molecule has 3 nitrogen and oxygen atoms in total. The van der Waals surface area contributed by atoms with Crippen LogP contribution in [0, 0.1) is 0 Å². The van der Waals surface area contributed by atoms with Crippen LogP contribution in [0.15, 0.2) is 34.6 Å². The van der Waals surface area contributed by atoms with Crippen LogP contribution in [0.2, 0.25) is 5.02 Å². The van der Waals surface area contributed by atoms with E-state index in [-0.39, 0.29) is 4.87 Å². The number of hydrogen-bond donors (Lipinski definition) is 1. The molecule has 2 aromatic rings. The Bertz CT molecular complexity index is 532. The molecule has 0 aliphatic carbocycles. The Kier molecular flexibility index (Phi) is 2.79.